The Kier molecular flexibility index (Phi) is 2.95. The van der Waals surface area contributed by atoms with Gasteiger partial charge in [0.25, 0.3) is 0 Å². The largest absolute Gasteiger partial charge is 0.362 e. The Hall–Kier alpha value is -0.290. The normalized spacial score (nSPS) is 10.2. The first-order valence-electron chi connectivity index (χ1n) is 3.76. The van der Waals surface area contributed by atoms with Crippen molar-refractivity contribution in [3.05, 3.63) is 17.8 Å². The topological polar surface area (TPSA) is 15.8 Å². The predicted octanol–water partition coefficient (Wildman–Crippen LogP) is 1.86. The molecular formula is C8H14NP. The molecular weight excluding hydrogens is 141 g/mol. The Morgan fingerprint density at radius 1 is 1.60 bits per heavy atom. The molecule has 0 aromatic carbocycles. The zero-order valence-electron chi connectivity index (χ0n) is 6.35. The Bertz CT molecular complexity index is 193. The molecule has 1 heterocycles. The zero-order chi connectivity index (χ0) is 7.40. The number of aryl methyl sites for hydroxylation is 1. The van der Waals surface area contributed by atoms with E-state index in [1.807, 2.05) is 6.20 Å². The highest BCUT2D eigenvalue weighted by molar-refractivity contribution is 7.27. The van der Waals surface area contributed by atoms with Crippen molar-refractivity contribution in [3.63, 3.8) is 0 Å². The summed E-state index contributed by atoms with van der Waals surface area (Å²) in [6.45, 7) is 2.22. The molecule has 0 spiro atoms. The second kappa shape index (κ2) is 3.78. The first kappa shape index (κ1) is 7.81. The van der Waals surface area contributed by atoms with Crippen LogP contribution in [-0.2, 0) is 6.42 Å². The molecule has 0 aliphatic heterocycles. The highest BCUT2D eigenvalue weighted by Crippen LogP contribution is 2.03. The zero-order valence-corrected chi connectivity index (χ0v) is 7.51. The Labute approximate surface area is 64.4 Å². The fraction of sp³-hybridized carbons (Fsp3) is 0.500. The lowest BCUT2D eigenvalue weighted by atomic mass is 10.1. The van der Waals surface area contributed by atoms with Gasteiger partial charge in [0.05, 0.1) is 0 Å². The smallest absolute Gasteiger partial charge is 0.0353 e. The number of nitrogens with one attached hydrogen (secondary N) is 1. The Morgan fingerprint density at radius 3 is 2.90 bits per heavy atom. The lowest BCUT2D eigenvalue weighted by Crippen LogP contribution is -1.98. The molecule has 0 aliphatic rings. The van der Waals surface area contributed by atoms with Crippen LogP contribution in [0.3, 0.4) is 0 Å². The summed E-state index contributed by atoms with van der Waals surface area (Å²) < 4.78 is 0. The Balaban J connectivity index is 2.49. The van der Waals surface area contributed by atoms with Crippen LogP contribution in [0.2, 0.25) is 0 Å². The number of unbranched alkanes of at least 4 members (excludes halogenated alkanes) is 1. The number of H-pyrrole nitrogens is 1. The number of aromatic amines is 1. The van der Waals surface area contributed by atoms with E-state index in [4.69, 9.17) is 0 Å². The van der Waals surface area contributed by atoms with Crippen LogP contribution in [0, 0.1) is 0 Å². The summed E-state index contributed by atoms with van der Waals surface area (Å²) in [5, 5.41) is 0. The van der Waals surface area contributed by atoms with Crippen LogP contribution in [0.1, 0.15) is 25.3 Å². The number of hydrogen-bond donors (Lipinski definition) is 1. The molecule has 1 N–H and O–H groups in total. The van der Waals surface area contributed by atoms with Crippen LogP contribution in [0.15, 0.2) is 12.3 Å². The lowest BCUT2D eigenvalue weighted by molar-refractivity contribution is 0.799. The fourth-order valence-corrected chi connectivity index (χ4v) is 1.34. The maximum Gasteiger partial charge on any atom is 0.0353 e. The monoisotopic (exact) mass is 155 g/mol. The van der Waals surface area contributed by atoms with Crippen LogP contribution < -0.4 is 5.44 Å². The minimum absolute atomic E-state index is 1.21. The molecule has 0 bridgehead atoms. The first-order chi connectivity index (χ1) is 4.84. The van der Waals surface area contributed by atoms with Gasteiger partial charge in [-0.05, 0) is 24.5 Å². The van der Waals surface area contributed by atoms with E-state index in [-0.39, 0.29) is 0 Å². The minimum Gasteiger partial charge on any atom is -0.362 e. The van der Waals surface area contributed by atoms with Crippen molar-refractivity contribution < 1.29 is 0 Å². The summed E-state index contributed by atoms with van der Waals surface area (Å²) in [6, 6.07) is 2.15. The van der Waals surface area contributed by atoms with Gasteiger partial charge in [-0.1, -0.05) is 22.6 Å². The number of rotatable bonds is 3. The van der Waals surface area contributed by atoms with Gasteiger partial charge in [-0.15, -0.1) is 0 Å². The molecule has 1 atom stereocenters. The third kappa shape index (κ3) is 1.85. The van der Waals surface area contributed by atoms with Crippen molar-refractivity contribution in [1.82, 2.24) is 4.98 Å². The van der Waals surface area contributed by atoms with Gasteiger partial charge in [-0.25, -0.2) is 0 Å². The third-order valence-electron chi connectivity index (χ3n) is 1.67. The van der Waals surface area contributed by atoms with Gasteiger partial charge in [0, 0.05) is 11.6 Å². The van der Waals surface area contributed by atoms with Crippen LogP contribution in [-0.4, -0.2) is 4.98 Å². The van der Waals surface area contributed by atoms with Crippen LogP contribution in [0.4, 0.5) is 0 Å². The summed E-state index contributed by atoms with van der Waals surface area (Å²) in [4.78, 5) is 3.14. The average molecular weight is 155 g/mol. The highest BCUT2D eigenvalue weighted by Gasteiger charge is 1.95. The molecule has 1 aromatic rings. The van der Waals surface area contributed by atoms with E-state index in [9.17, 15) is 0 Å². The molecule has 0 radical (unpaired) electrons. The van der Waals surface area contributed by atoms with E-state index in [1.165, 1.54) is 30.3 Å². The molecule has 0 saturated heterocycles. The van der Waals surface area contributed by atoms with Crippen molar-refractivity contribution in [2.75, 3.05) is 0 Å². The van der Waals surface area contributed by atoms with E-state index in [2.05, 4.69) is 27.2 Å². The molecule has 0 aliphatic carbocycles. The highest BCUT2D eigenvalue weighted by atomic mass is 31.0. The van der Waals surface area contributed by atoms with Gasteiger partial charge in [-0.3, -0.25) is 0 Å². The van der Waals surface area contributed by atoms with Gasteiger partial charge in [0.1, 0.15) is 0 Å². The molecule has 10 heavy (non-hydrogen) atoms. The van der Waals surface area contributed by atoms with Gasteiger partial charge in [0.15, 0.2) is 0 Å². The van der Waals surface area contributed by atoms with Gasteiger partial charge in [0.2, 0.25) is 0 Å². The maximum atomic E-state index is 3.14. The lowest BCUT2D eigenvalue weighted by Gasteiger charge is -1.95. The molecule has 0 saturated carbocycles. The molecule has 1 unspecified atom stereocenters. The van der Waals surface area contributed by atoms with Crippen molar-refractivity contribution in [1.29, 1.82) is 0 Å². The predicted molar refractivity (Wildman–Crippen MR) is 48.7 cm³/mol. The van der Waals surface area contributed by atoms with Crippen molar-refractivity contribution in [3.8, 4) is 0 Å². The molecule has 1 nitrogen and oxygen atoms in total. The van der Waals surface area contributed by atoms with Gasteiger partial charge < -0.3 is 4.98 Å². The van der Waals surface area contributed by atoms with E-state index in [0.29, 0.717) is 0 Å². The third-order valence-corrected chi connectivity index (χ3v) is 2.21. The van der Waals surface area contributed by atoms with Gasteiger partial charge in [-0.2, -0.15) is 0 Å². The molecule has 56 valence electrons. The minimum atomic E-state index is 1.21. The van der Waals surface area contributed by atoms with Crippen molar-refractivity contribution in [2.24, 2.45) is 0 Å². The molecule has 1 aromatic heterocycles. The SMILES string of the molecule is CCCCc1cc[nH]c1P. The van der Waals surface area contributed by atoms with Crippen LogP contribution in [0.25, 0.3) is 0 Å². The van der Waals surface area contributed by atoms with E-state index in [1.54, 1.807) is 0 Å². The number of hydrogen-bond acceptors (Lipinski definition) is 0. The number of aromatic nitrogens is 1. The molecule has 1 rings (SSSR count). The summed E-state index contributed by atoms with van der Waals surface area (Å²) in [7, 11) is 2.71. The van der Waals surface area contributed by atoms with Crippen molar-refractivity contribution in [2.45, 2.75) is 26.2 Å². The summed E-state index contributed by atoms with van der Waals surface area (Å²) >= 11 is 0. The first-order valence-corrected chi connectivity index (χ1v) is 4.34. The molecule has 2 heteroatoms. The molecule has 0 fully saturated rings. The van der Waals surface area contributed by atoms with Crippen LogP contribution >= 0.6 is 9.24 Å². The van der Waals surface area contributed by atoms with Crippen LogP contribution in [0.5, 0.6) is 0 Å². The molecule has 0 amide bonds. The second-order valence-corrected chi connectivity index (χ2v) is 3.10. The summed E-state index contributed by atoms with van der Waals surface area (Å²) in [5.41, 5.74) is 2.68. The maximum absolute atomic E-state index is 3.14. The Morgan fingerprint density at radius 2 is 2.40 bits per heavy atom. The van der Waals surface area contributed by atoms with E-state index >= 15 is 0 Å². The average Bonchev–Trinajstić information content (AvgIpc) is 2.31. The standard InChI is InChI=1S/C8H14NP/c1-2-3-4-7-5-6-9-8(7)10/h5-6,9H,2-4,10H2,1H3. The van der Waals surface area contributed by atoms with E-state index < -0.39 is 0 Å². The van der Waals surface area contributed by atoms with Crippen molar-refractivity contribution >= 4 is 14.7 Å². The summed E-state index contributed by atoms with van der Waals surface area (Å²) in [6.07, 6.45) is 5.76. The fourth-order valence-electron chi connectivity index (χ4n) is 1.000. The second-order valence-electron chi connectivity index (χ2n) is 2.52. The summed E-state index contributed by atoms with van der Waals surface area (Å²) in [5.74, 6) is 0. The van der Waals surface area contributed by atoms with Gasteiger partial charge >= 0.3 is 0 Å². The quantitative estimate of drug-likeness (QED) is 0.641. The van der Waals surface area contributed by atoms with E-state index in [0.717, 1.165) is 0 Å².